The van der Waals surface area contributed by atoms with Gasteiger partial charge in [0.15, 0.2) is 0 Å². The third kappa shape index (κ3) is 3.65. The number of methoxy groups -OCH3 is 1. The van der Waals surface area contributed by atoms with Gasteiger partial charge in [0.25, 0.3) is 0 Å². The fourth-order valence-corrected chi connectivity index (χ4v) is 2.91. The topological polar surface area (TPSA) is 66.8 Å². The van der Waals surface area contributed by atoms with E-state index in [9.17, 15) is 9.59 Å². The zero-order valence-electron chi connectivity index (χ0n) is 15.5. The Hall–Kier alpha value is -3.28. The van der Waals surface area contributed by atoms with Crippen LogP contribution in [0.15, 0.2) is 48.5 Å². The molecule has 1 aromatic heterocycles. The van der Waals surface area contributed by atoms with Crippen LogP contribution in [0.25, 0.3) is 16.6 Å². The van der Waals surface area contributed by atoms with Gasteiger partial charge in [-0.15, -0.1) is 0 Å². The van der Waals surface area contributed by atoms with Crippen molar-refractivity contribution >= 4 is 22.8 Å². The second-order valence-corrected chi connectivity index (χ2v) is 5.78. The highest BCUT2D eigenvalue weighted by atomic mass is 16.5. The summed E-state index contributed by atoms with van der Waals surface area (Å²) < 4.78 is 17.3. The van der Waals surface area contributed by atoms with E-state index in [0.29, 0.717) is 23.6 Å². The Bertz CT molecular complexity index is 972. The molecule has 3 rings (SSSR count). The number of esters is 2. The molecule has 3 aromatic rings. The van der Waals surface area contributed by atoms with E-state index in [1.807, 2.05) is 22.8 Å². The molecule has 0 N–H and O–H groups in total. The lowest BCUT2D eigenvalue weighted by molar-refractivity contribution is 0.0510. The Kier molecular flexibility index (Phi) is 5.45. The minimum Gasteiger partial charge on any atom is -0.497 e. The molecule has 140 valence electrons. The van der Waals surface area contributed by atoms with Crippen molar-refractivity contribution in [3.8, 4) is 11.4 Å². The fourth-order valence-electron chi connectivity index (χ4n) is 2.91. The van der Waals surface area contributed by atoms with Crippen LogP contribution in [0.2, 0.25) is 0 Å². The summed E-state index contributed by atoms with van der Waals surface area (Å²) in [5.41, 5.74) is 2.44. The molecule has 0 bridgehead atoms. The van der Waals surface area contributed by atoms with Gasteiger partial charge in [-0.2, -0.15) is 0 Å². The lowest BCUT2D eigenvalue weighted by atomic mass is 10.2. The van der Waals surface area contributed by atoms with E-state index in [1.54, 1.807) is 51.3 Å². The summed E-state index contributed by atoms with van der Waals surface area (Å²) in [6.07, 6.45) is 0. The van der Waals surface area contributed by atoms with Gasteiger partial charge in [-0.3, -0.25) is 0 Å². The number of fused-ring (bicyclic) bond motifs is 1. The summed E-state index contributed by atoms with van der Waals surface area (Å²) >= 11 is 0. The smallest absolute Gasteiger partial charge is 0.355 e. The molecule has 1 heterocycles. The second-order valence-electron chi connectivity index (χ2n) is 5.78. The van der Waals surface area contributed by atoms with E-state index in [4.69, 9.17) is 14.2 Å². The SMILES string of the molecule is CCOC(=O)c1ccc(-n2c(C(=O)OCC)cc3cc(OC)ccc32)cc1. The van der Waals surface area contributed by atoms with Gasteiger partial charge in [0, 0.05) is 11.1 Å². The van der Waals surface area contributed by atoms with Crippen LogP contribution >= 0.6 is 0 Å². The molecule has 0 aliphatic carbocycles. The predicted molar refractivity (Wildman–Crippen MR) is 102 cm³/mol. The summed E-state index contributed by atoms with van der Waals surface area (Å²) in [7, 11) is 1.60. The van der Waals surface area contributed by atoms with Crippen LogP contribution in [-0.2, 0) is 9.47 Å². The van der Waals surface area contributed by atoms with Crippen molar-refractivity contribution in [2.45, 2.75) is 13.8 Å². The molecule has 0 atom stereocenters. The van der Waals surface area contributed by atoms with Crippen molar-refractivity contribution in [2.75, 3.05) is 20.3 Å². The first-order valence-corrected chi connectivity index (χ1v) is 8.73. The Morgan fingerprint density at radius 1 is 0.889 bits per heavy atom. The molecule has 2 aromatic carbocycles. The quantitative estimate of drug-likeness (QED) is 0.616. The van der Waals surface area contributed by atoms with Crippen LogP contribution in [0.3, 0.4) is 0 Å². The van der Waals surface area contributed by atoms with Crippen LogP contribution in [0, 0.1) is 0 Å². The number of rotatable bonds is 6. The van der Waals surface area contributed by atoms with E-state index >= 15 is 0 Å². The van der Waals surface area contributed by atoms with Gasteiger partial charge < -0.3 is 18.8 Å². The standard InChI is InChI=1S/C21H21NO5/c1-4-26-20(23)14-6-8-16(9-7-14)22-18-11-10-17(25-3)12-15(18)13-19(22)21(24)27-5-2/h6-13H,4-5H2,1-3H3. The van der Waals surface area contributed by atoms with Crippen molar-refractivity contribution in [3.63, 3.8) is 0 Å². The second kappa shape index (κ2) is 7.95. The summed E-state index contributed by atoms with van der Waals surface area (Å²) in [5, 5.41) is 0.854. The number of benzene rings is 2. The number of hydrogen-bond acceptors (Lipinski definition) is 5. The van der Waals surface area contributed by atoms with E-state index in [2.05, 4.69) is 0 Å². The summed E-state index contributed by atoms with van der Waals surface area (Å²) in [4.78, 5) is 24.3. The Labute approximate surface area is 157 Å². The highest BCUT2D eigenvalue weighted by Gasteiger charge is 2.19. The minimum atomic E-state index is -0.415. The molecular formula is C21H21NO5. The van der Waals surface area contributed by atoms with Crippen LogP contribution < -0.4 is 4.74 Å². The number of nitrogens with zero attached hydrogens (tertiary/aromatic N) is 1. The predicted octanol–water partition coefficient (Wildman–Crippen LogP) is 3.99. The monoisotopic (exact) mass is 367 g/mol. The van der Waals surface area contributed by atoms with Crippen molar-refractivity contribution < 1.29 is 23.8 Å². The molecule has 0 saturated heterocycles. The van der Waals surface area contributed by atoms with Gasteiger partial charge >= 0.3 is 11.9 Å². The molecule has 0 radical (unpaired) electrons. The maximum Gasteiger partial charge on any atom is 0.355 e. The number of aromatic nitrogens is 1. The van der Waals surface area contributed by atoms with Crippen molar-refractivity contribution in [2.24, 2.45) is 0 Å². The van der Waals surface area contributed by atoms with Gasteiger partial charge in [-0.25, -0.2) is 9.59 Å². The maximum absolute atomic E-state index is 12.5. The molecule has 0 fully saturated rings. The Morgan fingerprint density at radius 3 is 2.19 bits per heavy atom. The molecule has 0 unspecified atom stereocenters. The molecule has 0 aliphatic heterocycles. The number of carbonyl (C=O) groups excluding carboxylic acids is 2. The van der Waals surface area contributed by atoms with E-state index in [1.165, 1.54) is 0 Å². The number of hydrogen-bond donors (Lipinski definition) is 0. The zero-order chi connectivity index (χ0) is 19.4. The van der Waals surface area contributed by atoms with E-state index in [-0.39, 0.29) is 12.6 Å². The van der Waals surface area contributed by atoms with Crippen LogP contribution in [0.1, 0.15) is 34.7 Å². The molecule has 27 heavy (non-hydrogen) atoms. The minimum absolute atomic E-state index is 0.283. The first-order valence-electron chi connectivity index (χ1n) is 8.73. The summed E-state index contributed by atoms with van der Waals surface area (Å²) in [5.74, 6) is -0.0911. The lowest BCUT2D eigenvalue weighted by Crippen LogP contribution is -2.11. The highest BCUT2D eigenvalue weighted by Crippen LogP contribution is 2.28. The van der Waals surface area contributed by atoms with Gasteiger partial charge in [0.05, 0.1) is 31.4 Å². The van der Waals surface area contributed by atoms with Crippen molar-refractivity contribution in [1.29, 1.82) is 0 Å². The molecule has 6 heteroatoms. The molecule has 0 spiro atoms. The third-order valence-electron chi connectivity index (χ3n) is 4.13. The van der Waals surface area contributed by atoms with Crippen molar-refractivity contribution in [3.05, 3.63) is 59.8 Å². The number of ether oxygens (including phenoxy) is 3. The molecule has 0 saturated carbocycles. The highest BCUT2D eigenvalue weighted by molar-refractivity contribution is 5.97. The van der Waals surface area contributed by atoms with E-state index in [0.717, 1.165) is 16.6 Å². The first-order chi connectivity index (χ1) is 13.1. The van der Waals surface area contributed by atoms with Gasteiger partial charge in [-0.1, -0.05) is 0 Å². The Morgan fingerprint density at radius 2 is 1.56 bits per heavy atom. The zero-order valence-corrected chi connectivity index (χ0v) is 15.5. The normalized spacial score (nSPS) is 10.6. The summed E-state index contributed by atoms with van der Waals surface area (Å²) in [6.45, 7) is 4.13. The number of carbonyl (C=O) groups is 2. The van der Waals surface area contributed by atoms with Gasteiger partial charge in [-0.05, 0) is 62.4 Å². The van der Waals surface area contributed by atoms with Crippen molar-refractivity contribution in [1.82, 2.24) is 4.57 Å². The van der Waals surface area contributed by atoms with Crippen LogP contribution in [0.5, 0.6) is 5.75 Å². The molecule has 0 amide bonds. The van der Waals surface area contributed by atoms with Gasteiger partial charge in [0.2, 0.25) is 0 Å². The fraction of sp³-hybridized carbons (Fsp3) is 0.238. The van der Waals surface area contributed by atoms with E-state index < -0.39 is 5.97 Å². The summed E-state index contributed by atoms with van der Waals surface area (Å²) in [6, 6.07) is 14.3. The molecule has 6 nitrogen and oxygen atoms in total. The molecular weight excluding hydrogens is 346 g/mol. The largest absolute Gasteiger partial charge is 0.497 e. The third-order valence-corrected chi connectivity index (χ3v) is 4.13. The van der Waals surface area contributed by atoms with Crippen LogP contribution in [0.4, 0.5) is 0 Å². The van der Waals surface area contributed by atoms with Gasteiger partial charge in [0.1, 0.15) is 11.4 Å². The first kappa shape index (κ1) is 18.5. The average Bonchev–Trinajstić information content (AvgIpc) is 3.07. The Balaban J connectivity index is 2.12. The maximum atomic E-state index is 12.5. The molecule has 0 aliphatic rings. The average molecular weight is 367 g/mol. The lowest BCUT2D eigenvalue weighted by Gasteiger charge is -2.11. The van der Waals surface area contributed by atoms with Crippen LogP contribution in [-0.4, -0.2) is 36.8 Å².